The molecule has 1 heterocycles. The quantitative estimate of drug-likeness (QED) is 0.636. The lowest BCUT2D eigenvalue weighted by Gasteiger charge is -2.10. The van der Waals surface area contributed by atoms with Crippen molar-refractivity contribution in [3.8, 4) is 6.07 Å². The summed E-state index contributed by atoms with van der Waals surface area (Å²) in [6, 6.07) is 1.72. The summed E-state index contributed by atoms with van der Waals surface area (Å²) in [7, 11) is 1.14. The Labute approximate surface area is 104 Å². The molecule has 7 heteroatoms. The molecule has 0 spiro atoms. The van der Waals surface area contributed by atoms with E-state index in [9.17, 15) is 13.6 Å². The average Bonchev–Trinajstić information content (AvgIpc) is 2.35. The topological polar surface area (TPSA) is 63.0 Å². The number of alkyl halides is 3. The van der Waals surface area contributed by atoms with E-state index in [1.165, 1.54) is 0 Å². The third kappa shape index (κ3) is 2.58. The van der Waals surface area contributed by atoms with Crippen LogP contribution in [0.5, 0.6) is 0 Å². The molecular formula is C10H7BrF2N2O2. The Morgan fingerprint density at radius 1 is 1.71 bits per heavy atom. The van der Waals surface area contributed by atoms with Crippen LogP contribution in [0.25, 0.3) is 0 Å². The molecule has 0 fully saturated rings. The largest absolute Gasteiger partial charge is 0.465 e. The zero-order chi connectivity index (χ0) is 13.0. The molecule has 1 aromatic rings. The molecule has 0 saturated heterocycles. The number of ether oxygens (including phenoxy) is 1. The number of methoxy groups -OCH3 is 1. The number of esters is 1. The second-order valence-corrected chi connectivity index (χ2v) is 3.51. The van der Waals surface area contributed by atoms with Gasteiger partial charge in [0.05, 0.1) is 18.2 Å². The van der Waals surface area contributed by atoms with Crippen molar-refractivity contribution in [1.82, 2.24) is 4.98 Å². The molecule has 0 atom stereocenters. The van der Waals surface area contributed by atoms with Gasteiger partial charge in [-0.25, -0.2) is 13.6 Å². The van der Waals surface area contributed by atoms with Crippen molar-refractivity contribution in [2.45, 2.75) is 11.8 Å². The Bertz CT molecular complexity index is 486. The van der Waals surface area contributed by atoms with Crippen LogP contribution in [0.4, 0.5) is 8.78 Å². The molecule has 0 aliphatic carbocycles. The fraction of sp³-hybridized carbons (Fsp3) is 0.300. The molecular weight excluding hydrogens is 298 g/mol. The Kier molecular flexibility index (Phi) is 4.52. The van der Waals surface area contributed by atoms with E-state index in [0.717, 1.165) is 13.3 Å². The summed E-state index contributed by atoms with van der Waals surface area (Å²) in [6.07, 6.45) is -1.88. The Balaban J connectivity index is 3.50. The van der Waals surface area contributed by atoms with Crippen molar-refractivity contribution in [3.05, 3.63) is 28.6 Å². The van der Waals surface area contributed by atoms with Gasteiger partial charge in [0.15, 0.2) is 0 Å². The first kappa shape index (κ1) is 13.5. The summed E-state index contributed by atoms with van der Waals surface area (Å²) in [5, 5.41) is 8.94. The first-order chi connectivity index (χ1) is 8.06. The third-order valence-electron chi connectivity index (χ3n) is 2.07. The summed E-state index contributed by atoms with van der Waals surface area (Å²) in [5.41, 5.74) is -0.760. The second-order valence-electron chi connectivity index (χ2n) is 2.95. The maximum absolute atomic E-state index is 12.6. The maximum Gasteiger partial charge on any atom is 0.340 e. The van der Waals surface area contributed by atoms with E-state index in [1.54, 1.807) is 6.07 Å². The van der Waals surface area contributed by atoms with Crippen LogP contribution in [0, 0.1) is 11.3 Å². The standard InChI is InChI=1S/C10H7BrF2N2O2/c1-17-10(16)7-4-15-8(9(12)13)5(2-11)6(7)3-14/h4,9H,2H2,1H3. The molecule has 0 N–H and O–H groups in total. The van der Waals surface area contributed by atoms with Crippen LogP contribution in [-0.2, 0) is 10.1 Å². The molecule has 0 aliphatic heterocycles. The molecule has 0 aromatic carbocycles. The predicted octanol–water partition coefficient (Wildman–Crippen LogP) is 2.57. The lowest BCUT2D eigenvalue weighted by molar-refractivity contribution is 0.0599. The van der Waals surface area contributed by atoms with Gasteiger partial charge < -0.3 is 4.74 Å². The van der Waals surface area contributed by atoms with E-state index < -0.39 is 18.1 Å². The summed E-state index contributed by atoms with van der Waals surface area (Å²) < 4.78 is 29.7. The molecule has 0 radical (unpaired) electrons. The van der Waals surface area contributed by atoms with Gasteiger partial charge in [0.2, 0.25) is 0 Å². The Morgan fingerprint density at radius 2 is 2.35 bits per heavy atom. The van der Waals surface area contributed by atoms with Crippen molar-refractivity contribution in [2.75, 3.05) is 7.11 Å². The SMILES string of the molecule is COC(=O)c1cnc(C(F)F)c(CBr)c1C#N. The van der Waals surface area contributed by atoms with E-state index in [2.05, 4.69) is 25.7 Å². The molecule has 1 rings (SSSR count). The number of nitrogens with zero attached hydrogens (tertiary/aromatic N) is 2. The number of carbonyl (C=O) groups excluding carboxylic acids is 1. The minimum atomic E-state index is -2.80. The van der Waals surface area contributed by atoms with Gasteiger partial charge in [-0.3, -0.25) is 4.98 Å². The van der Waals surface area contributed by atoms with Crippen LogP contribution in [0.3, 0.4) is 0 Å². The second kappa shape index (κ2) is 5.68. The summed E-state index contributed by atoms with van der Waals surface area (Å²) in [5.74, 6) is -0.780. The number of nitriles is 1. The van der Waals surface area contributed by atoms with Crippen molar-refractivity contribution >= 4 is 21.9 Å². The van der Waals surface area contributed by atoms with Crippen molar-refractivity contribution in [3.63, 3.8) is 0 Å². The number of hydrogen-bond acceptors (Lipinski definition) is 4. The van der Waals surface area contributed by atoms with Crippen LogP contribution in [-0.4, -0.2) is 18.1 Å². The van der Waals surface area contributed by atoms with Gasteiger partial charge in [-0.1, -0.05) is 15.9 Å². The van der Waals surface area contributed by atoms with Gasteiger partial charge in [-0.2, -0.15) is 5.26 Å². The minimum Gasteiger partial charge on any atom is -0.465 e. The fourth-order valence-corrected chi connectivity index (χ4v) is 1.85. The lowest BCUT2D eigenvalue weighted by Crippen LogP contribution is -2.10. The maximum atomic E-state index is 12.6. The van der Waals surface area contributed by atoms with Crippen molar-refractivity contribution in [1.29, 1.82) is 5.26 Å². The third-order valence-corrected chi connectivity index (χ3v) is 2.63. The van der Waals surface area contributed by atoms with Gasteiger partial charge in [0.25, 0.3) is 6.43 Å². The van der Waals surface area contributed by atoms with Crippen LogP contribution in [0.15, 0.2) is 6.20 Å². The highest BCUT2D eigenvalue weighted by Gasteiger charge is 2.23. The Hall–Kier alpha value is -1.55. The lowest BCUT2D eigenvalue weighted by atomic mass is 10.0. The molecule has 0 saturated carbocycles. The first-order valence-corrected chi connectivity index (χ1v) is 5.53. The number of aromatic nitrogens is 1. The molecule has 0 aliphatic rings. The zero-order valence-electron chi connectivity index (χ0n) is 8.71. The molecule has 0 unspecified atom stereocenters. The van der Waals surface area contributed by atoms with Gasteiger partial charge in [0.1, 0.15) is 11.8 Å². The van der Waals surface area contributed by atoms with Crippen molar-refractivity contribution in [2.24, 2.45) is 0 Å². The number of rotatable bonds is 3. The average molecular weight is 305 g/mol. The Morgan fingerprint density at radius 3 is 2.76 bits per heavy atom. The molecule has 4 nitrogen and oxygen atoms in total. The van der Waals surface area contributed by atoms with Crippen LogP contribution in [0.1, 0.15) is 33.6 Å². The molecule has 90 valence electrons. The fourth-order valence-electron chi connectivity index (χ4n) is 1.28. The van der Waals surface area contributed by atoms with Gasteiger partial charge in [-0.05, 0) is 0 Å². The minimum absolute atomic E-state index is 0.00500. The normalized spacial score (nSPS) is 10.1. The first-order valence-electron chi connectivity index (χ1n) is 4.41. The van der Waals surface area contributed by atoms with Crippen LogP contribution >= 0.6 is 15.9 Å². The molecule has 17 heavy (non-hydrogen) atoms. The zero-order valence-corrected chi connectivity index (χ0v) is 10.3. The van der Waals surface area contributed by atoms with Gasteiger partial charge in [-0.15, -0.1) is 0 Å². The van der Waals surface area contributed by atoms with Gasteiger partial charge >= 0.3 is 5.97 Å². The van der Waals surface area contributed by atoms with E-state index in [4.69, 9.17) is 5.26 Å². The number of carbonyl (C=O) groups is 1. The van der Waals surface area contributed by atoms with Gasteiger partial charge in [0, 0.05) is 17.1 Å². The number of hydrogen-bond donors (Lipinski definition) is 0. The van der Waals surface area contributed by atoms with E-state index in [0.29, 0.717) is 0 Å². The molecule has 1 aromatic heterocycles. The van der Waals surface area contributed by atoms with E-state index >= 15 is 0 Å². The van der Waals surface area contributed by atoms with Crippen molar-refractivity contribution < 1.29 is 18.3 Å². The van der Waals surface area contributed by atoms with Crippen LogP contribution < -0.4 is 0 Å². The predicted molar refractivity (Wildman–Crippen MR) is 57.9 cm³/mol. The molecule has 0 amide bonds. The van der Waals surface area contributed by atoms with E-state index in [1.807, 2.05) is 0 Å². The number of pyridine rings is 1. The highest BCUT2D eigenvalue weighted by molar-refractivity contribution is 9.08. The monoisotopic (exact) mass is 304 g/mol. The molecule has 0 bridgehead atoms. The van der Waals surface area contributed by atoms with E-state index in [-0.39, 0.29) is 22.0 Å². The highest BCUT2D eigenvalue weighted by Crippen LogP contribution is 2.27. The summed E-state index contributed by atoms with van der Waals surface area (Å²) in [6.45, 7) is 0. The summed E-state index contributed by atoms with van der Waals surface area (Å²) in [4.78, 5) is 14.8. The highest BCUT2D eigenvalue weighted by atomic mass is 79.9. The number of halogens is 3. The van der Waals surface area contributed by atoms with Crippen LogP contribution in [0.2, 0.25) is 0 Å². The smallest absolute Gasteiger partial charge is 0.340 e. The summed E-state index contributed by atoms with van der Waals surface area (Å²) >= 11 is 3.00.